The molecule has 0 fully saturated rings. The van der Waals surface area contributed by atoms with Crippen molar-refractivity contribution < 1.29 is 62.4 Å². The second kappa shape index (κ2) is 14.1. The fraction of sp³-hybridized carbons (Fsp3) is 0. The van der Waals surface area contributed by atoms with E-state index in [4.69, 9.17) is 15.3 Å². The Morgan fingerprint density at radius 2 is 0.575 bits per heavy atom. The smallest absolute Gasteiger partial charge is 0.335 e. The molecule has 40 heavy (non-hydrogen) atoms. The first kappa shape index (κ1) is 30.2. The van der Waals surface area contributed by atoms with Gasteiger partial charge < -0.3 is 15.3 Å². The Labute approximate surface area is 255 Å². The predicted octanol–water partition coefficient (Wildman–Crippen LogP) is 7.61. The number of carbonyl (C=O) groups is 3. The standard InChI is InChI=1S/3C11H8O2.Y/c3*12-11(13)10-6-5-8-3-1-2-4-9(8)7-10;/h3*1-7H,(H,12,13);. The van der Waals surface area contributed by atoms with E-state index in [1.807, 2.05) is 91.0 Å². The summed E-state index contributed by atoms with van der Waals surface area (Å²) < 4.78 is 0. The number of aromatic carboxylic acids is 3. The number of carboxylic acids is 3. The molecule has 0 amide bonds. The van der Waals surface area contributed by atoms with E-state index in [1.165, 1.54) is 0 Å². The number of benzene rings is 6. The molecule has 6 rings (SSSR count). The van der Waals surface area contributed by atoms with E-state index in [2.05, 4.69) is 0 Å². The number of hydrogen-bond acceptors (Lipinski definition) is 3. The van der Waals surface area contributed by atoms with Crippen LogP contribution in [0.2, 0.25) is 0 Å². The Kier molecular flexibility index (Phi) is 10.7. The Morgan fingerprint density at radius 1 is 0.350 bits per heavy atom. The van der Waals surface area contributed by atoms with Crippen LogP contribution in [0.1, 0.15) is 31.1 Å². The minimum absolute atomic E-state index is 0. The average molecular weight is 605 g/mol. The van der Waals surface area contributed by atoms with E-state index in [0.717, 1.165) is 32.3 Å². The Morgan fingerprint density at radius 3 is 0.800 bits per heavy atom. The molecule has 0 spiro atoms. The normalized spacial score (nSPS) is 9.90. The molecule has 6 aromatic carbocycles. The third kappa shape index (κ3) is 7.82. The van der Waals surface area contributed by atoms with Gasteiger partial charge in [0.15, 0.2) is 0 Å². The van der Waals surface area contributed by atoms with Crippen molar-refractivity contribution in [3.8, 4) is 0 Å². The molecule has 0 saturated heterocycles. The largest absolute Gasteiger partial charge is 0.478 e. The third-order valence-corrected chi connectivity index (χ3v) is 5.99. The molecular weight excluding hydrogens is 581 g/mol. The summed E-state index contributed by atoms with van der Waals surface area (Å²) in [5.74, 6) is -2.65. The van der Waals surface area contributed by atoms with Gasteiger partial charge in [-0.2, -0.15) is 0 Å². The molecule has 0 atom stereocenters. The van der Waals surface area contributed by atoms with Gasteiger partial charge in [0.1, 0.15) is 0 Å². The second-order valence-electron chi connectivity index (χ2n) is 8.60. The van der Waals surface area contributed by atoms with E-state index < -0.39 is 17.9 Å². The van der Waals surface area contributed by atoms with Gasteiger partial charge in [-0.05, 0) is 68.7 Å². The molecule has 7 heteroatoms. The van der Waals surface area contributed by atoms with Crippen LogP contribution in [0.5, 0.6) is 0 Å². The first-order chi connectivity index (χ1) is 18.8. The Balaban J connectivity index is 0.000000163. The van der Waals surface area contributed by atoms with Crippen molar-refractivity contribution in [2.75, 3.05) is 0 Å². The summed E-state index contributed by atoms with van der Waals surface area (Å²) in [5, 5.41) is 32.3. The number of carboxylic acid groups (broad SMARTS) is 3. The topological polar surface area (TPSA) is 112 Å². The van der Waals surface area contributed by atoms with Crippen LogP contribution in [-0.2, 0) is 32.7 Å². The molecule has 0 bridgehead atoms. The van der Waals surface area contributed by atoms with E-state index >= 15 is 0 Å². The average Bonchev–Trinajstić information content (AvgIpc) is 2.97. The SMILES string of the molecule is O=C(O)c1ccc2ccccc2c1.O=C(O)c1ccc2ccccc2c1.O=C(O)c1ccc2ccccc2c1.[Y]. The van der Waals surface area contributed by atoms with E-state index in [9.17, 15) is 14.4 Å². The summed E-state index contributed by atoms with van der Waals surface area (Å²) in [7, 11) is 0. The minimum Gasteiger partial charge on any atom is -0.478 e. The van der Waals surface area contributed by atoms with Crippen LogP contribution in [0.25, 0.3) is 32.3 Å². The van der Waals surface area contributed by atoms with Gasteiger partial charge in [-0.25, -0.2) is 14.4 Å². The fourth-order valence-electron chi connectivity index (χ4n) is 3.97. The van der Waals surface area contributed by atoms with Crippen LogP contribution in [0.4, 0.5) is 0 Å². The molecular formula is C33H24O6Y. The van der Waals surface area contributed by atoms with Crippen LogP contribution >= 0.6 is 0 Å². The summed E-state index contributed by atoms with van der Waals surface area (Å²) in [6, 6.07) is 38.4. The molecule has 0 aliphatic rings. The van der Waals surface area contributed by atoms with Crippen LogP contribution in [0.15, 0.2) is 127 Å². The predicted molar refractivity (Wildman–Crippen MR) is 153 cm³/mol. The zero-order valence-electron chi connectivity index (χ0n) is 21.3. The summed E-state index contributed by atoms with van der Waals surface area (Å²) >= 11 is 0. The van der Waals surface area contributed by atoms with Crippen LogP contribution in [0.3, 0.4) is 0 Å². The maximum absolute atomic E-state index is 10.6. The fourth-order valence-corrected chi connectivity index (χ4v) is 3.97. The van der Waals surface area contributed by atoms with E-state index in [0.29, 0.717) is 16.7 Å². The molecule has 1 radical (unpaired) electrons. The van der Waals surface area contributed by atoms with E-state index in [-0.39, 0.29) is 32.7 Å². The summed E-state index contributed by atoms with van der Waals surface area (Å²) in [6.45, 7) is 0. The van der Waals surface area contributed by atoms with Gasteiger partial charge >= 0.3 is 17.9 Å². The van der Waals surface area contributed by atoms with Gasteiger partial charge in [0.2, 0.25) is 0 Å². The molecule has 0 aromatic heterocycles. The van der Waals surface area contributed by atoms with Gasteiger partial charge in [-0.15, -0.1) is 0 Å². The maximum atomic E-state index is 10.6. The Bertz CT molecular complexity index is 1600. The molecule has 0 heterocycles. The molecule has 0 unspecified atom stereocenters. The first-order valence-corrected chi connectivity index (χ1v) is 12.0. The number of rotatable bonds is 3. The van der Waals surface area contributed by atoms with Gasteiger partial charge in [-0.3, -0.25) is 0 Å². The van der Waals surface area contributed by atoms with Crippen molar-refractivity contribution in [2.45, 2.75) is 0 Å². The van der Waals surface area contributed by atoms with Gasteiger partial charge in [-0.1, -0.05) is 91.0 Å². The molecule has 6 nitrogen and oxygen atoms in total. The molecule has 6 aromatic rings. The molecule has 195 valence electrons. The molecule has 0 aliphatic heterocycles. The van der Waals surface area contributed by atoms with Gasteiger partial charge in [0.25, 0.3) is 0 Å². The second-order valence-corrected chi connectivity index (χ2v) is 8.60. The zero-order chi connectivity index (χ0) is 27.8. The van der Waals surface area contributed by atoms with Gasteiger partial charge in [0, 0.05) is 32.7 Å². The van der Waals surface area contributed by atoms with Crippen molar-refractivity contribution in [1.29, 1.82) is 0 Å². The summed E-state index contributed by atoms with van der Waals surface area (Å²) in [4.78, 5) is 31.9. The monoisotopic (exact) mass is 605 g/mol. The quantitative estimate of drug-likeness (QED) is 0.192. The van der Waals surface area contributed by atoms with Crippen LogP contribution in [0, 0.1) is 0 Å². The zero-order valence-corrected chi connectivity index (χ0v) is 24.1. The third-order valence-electron chi connectivity index (χ3n) is 5.99. The first-order valence-electron chi connectivity index (χ1n) is 12.0. The molecule has 0 aliphatic carbocycles. The van der Waals surface area contributed by atoms with Crippen LogP contribution in [-0.4, -0.2) is 33.2 Å². The Hall–Kier alpha value is -4.39. The molecule has 3 N–H and O–H groups in total. The van der Waals surface area contributed by atoms with Crippen molar-refractivity contribution in [2.24, 2.45) is 0 Å². The van der Waals surface area contributed by atoms with Crippen molar-refractivity contribution >= 4 is 50.2 Å². The van der Waals surface area contributed by atoms with Crippen LogP contribution < -0.4 is 0 Å². The molecule has 0 saturated carbocycles. The number of hydrogen-bond donors (Lipinski definition) is 3. The summed E-state index contributed by atoms with van der Waals surface area (Å²) in [6.07, 6.45) is 0. The summed E-state index contributed by atoms with van der Waals surface area (Å²) in [5.41, 5.74) is 0.996. The van der Waals surface area contributed by atoms with Gasteiger partial charge in [0.05, 0.1) is 16.7 Å². The van der Waals surface area contributed by atoms with Crippen molar-refractivity contribution in [3.63, 3.8) is 0 Å². The van der Waals surface area contributed by atoms with Crippen molar-refractivity contribution in [1.82, 2.24) is 0 Å². The number of fused-ring (bicyclic) bond motifs is 3. The minimum atomic E-state index is -0.884. The van der Waals surface area contributed by atoms with Crippen molar-refractivity contribution in [3.05, 3.63) is 144 Å². The van der Waals surface area contributed by atoms with E-state index in [1.54, 1.807) is 36.4 Å². The maximum Gasteiger partial charge on any atom is 0.335 e.